The molecule has 0 bridgehead atoms. The van der Waals surface area contributed by atoms with Crippen LogP contribution in [0, 0.1) is 17.8 Å². The van der Waals surface area contributed by atoms with Gasteiger partial charge in [0.1, 0.15) is 5.78 Å². The Hall–Kier alpha value is -1.02. The molecule has 2 heteroatoms. The second kappa shape index (κ2) is 4.69. The molecule has 3 atom stereocenters. The predicted octanol–water partition coefficient (Wildman–Crippen LogP) is 3.91. The topological polar surface area (TPSA) is 17.1 Å². The molecule has 0 saturated heterocycles. The quantitative estimate of drug-likeness (QED) is 0.750. The third-order valence-electron chi connectivity index (χ3n) is 3.81. The number of benzene rings is 1. The number of hydrogen-bond donors (Lipinski definition) is 0. The van der Waals surface area contributed by atoms with Crippen LogP contribution in [0.15, 0.2) is 46.7 Å². The van der Waals surface area contributed by atoms with Gasteiger partial charge in [-0.25, -0.2) is 0 Å². The molecule has 2 aliphatic carbocycles. The molecule has 1 aromatic rings. The van der Waals surface area contributed by atoms with Gasteiger partial charge in [-0.2, -0.15) is 0 Å². The van der Waals surface area contributed by atoms with E-state index in [1.54, 1.807) is 11.8 Å². The largest absolute Gasteiger partial charge is 0.299 e. The fourth-order valence-electron chi connectivity index (χ4n) is 2.87. The monoisotopic (exact) mass is 244 g/mol. The van der Waals surface area contributed by atoms with Crippen LogP contribution in [-0.2, 0) is 4.79 Å². The first-order valence-corrected chi connectivity index (χ1v) is 7.15. The lowest BCUT2D eigenvalue weighted by molar-refractivity contribution is -0.121. The van der Waals surface area contributed by atoms with E-state index in [0.29, 0.717) is 23.5 Å². The molecule has 3 unspecified atom stereocenters. The Kier molecular flexibility index (Phi) is 3.06. The van der Waals surface area contributed by atoms with E-state index in [0.717, 1.165) is 12.8 Å². The minimum absolute atomic E-state index is 0.372. The first-order valence-electron chi connectivity index (χ1n) is 6.27. The van der Waals surface area contributed by atoms with Crippen LogP contribution in [0.1, 0.15) is 19.3 Å². The highest BCUT2D eigenvalue weighted by atomic mass is 32.2. The van der Waals surface area contributed by atoms with Gasteiger partial charge in [0, 0.05) is 17.2 Å². The molecule has 2 aliphatic rings. The van der Waals surface area contributed by atoms with Gasteiger partial charge in [-0.15, -0.1) is 0 Å². The molecule has 1 aromatic carbocycles. The number of allylic oxidation sites excluding steroid dienone is 1. The van der Waals surface area contributed by atoms with E-state index in [9.17, 15) is 4.79 Å². The van der Waals surface area contributed by atoms with Crippen molar-refractivity contribution >= 4 is 17.5 Å². The summed E-state index contributed by atoms with van der Waals surface area (Å²) in [6, 6.07) is 10.4. The van der Waals surface area contributed by atoms with E-state index >= 15 is 0 Å². The number of fused-ring (bicyclic) bond motifs is 1. The molecule has 0 radical (unpaired) electrons. The molecule has 88 valence electrons. The molecule has 3 rings (SSSR count). The average Bonchev–Trinajstić information content (AvgIpc) is 3.06. The van der Waals surface area contributed by atoms with Gasteiger partial charge >= 0.3 is 0 Å². The summed E-state index contributed by atoms with van der Waals surface area (Å²) in [5, 5.41) is 2.16. The van der Waals surface area contributed by atoms with Crippen LogP contribution < -0.4 is 0 Å². The second-order valence-electron chi connectivity index (χ2n) is 4.88. The lowest BCUT2D eigenvalue weighted by Gasteiger charge is -2.04. The van der Waals surface area contributed by atoms with E-state index in [1.807, 2.05) is 6.07 Å². The SMILES string of the molecule is O=C1CCCC2C(/C=C/Sc3ccccc3)C12. The number of ketones is 1. The van der Waals surface area contributed by atoms with Gasteiger partial charge in [0.25, 0.3) is 0 Å². The van der Waals surface area contributed by atoms with Gasteiger partial charge in [-0.1, -0.05) is 36.0 Å². The van der Waals surface area contributed by atoms with Crippen molar-refractivity contribution in [2.75, 3.05) is 0 Å². The molecule has 17 heavy (non-hydrogen) atoms. The Balaban J connectivity index is 1.57. The Bertz CT molecular complexity index is 437. The number of hydrogen-bond acceptors (Lipinski definition) is 2. The van der Waals surface area contributed by atoms with Gasteiger partial charge < -0.3 is 0 Å². The fraction of sp³-hybridized carbons (Fsp3) is 0.400. The molecular weight excluding hydrogens is 228 g/mol. The van der Waals surface area contributed by atoms with Crippen LogP contribution in [0.25, 0.3) is 0 Å². The van der Waals surface area contributed by atoms with Crippen LogP contribution in [0.4, 0.5) is 0 Å². The maximum absolute atomic E-state index is 11.6. The molecule has 0 spiro atoms. The smallest absolute Gasteiger partial charge is 0.136 e. The van der Waals surface area contributed by atoms with Crippen LogP contribution in [0.5, 0.6) is 0 Å². The molecule has 0 heterocycles. The molecular formula is C15H16OS. The third kappa shape index (κ3) is 2.32. The van der Waals surface area contributed by atoms with E-state index in [2.05, 4.69) is 35.7 Å². The van der Waals surface area contributed by atoms with Crippen molar-refractivity contribution in [1.82, 2.24) is 0 Å². The minimum atomic E-state index is 0.372. The highest BCUT2D eigenvalue weighted by molar-refractivity contribution is 8.02. The van der Waals surface area contributed by atoms with Crippen molar-refractivity contribution in [1.29, 1.82) is 0 Å². The van der Waals surface area contributed by atoms with Crippen molar-refractivity contribution < 1.29 is 4.79 Å². The molecule has 2 fully saturated rings. The van der Waals surface area contributed by atoms with Gasteiger partial charge in [0.05, 0.1) is 0 Å². The molecule has 0 N–H and O–H groups in total. The summed E-state index contributed by atoms with van der Waals surface area (Å²) < 4.78 is 0. The first kappa shape index (κ1) is 11.1. The fourth-order valence-corrected chi connectivity index (χ4v) is 3.61. The predicted molar refractivity (Wildman–Crippen MR) is 70.8 cm³/mol. The average molecular weight is 244 g/mol. The zero-order valence-corrected chi connectivity index (χ0v) is 10.5. The number of rotatable bonds is 3. The summed E-state index contributed by atoms with van der Waals surface area (Å²) in [5.74, 6) is 2.09. The Labute approximate surface area is 106 Å². The summed E-state index contributed by atoms with van der Waals surface area (Å²) in [5.41, 5.74) is 0. The van der Waals surface area contributed by atoms with Crippen LogP contribution in [0.2, 0.25) is 0 Å². The van der Waals surface area contributed by atoms with Gasteiger partial charge in [-0.3, -0.25) is 4.79 Å². The number of carbonyl (C=O) groups excluding carboxylic acids is 1. The standard InChI is InChI=1S/C15H16OS/c16-14-8-4-7-12-13(15(12)14)9-10-17-11-5-2-1-3-6-11/h1-3,5-6,9-10,12-13,15H,4,7-8H2/b10-9+. The van der Waals surface area contributed by atoms with Crippen molar-refractivity contribution in [3.8, 4) is 0 Å². The van der Waals surface area contributed by atoms with E-state index in [-0.39, 0.29) is 0 Å². The zero-order valence-electron chi connectivity index (χ0n) is 9.71. The van der Waals surface area contributed by atoms with Crippen molar-refractivity contribution in [3.63, 3.8) is 0 Å². The summed E-state index contributed by atoms with van der Waals surface area (Å²) in [6.07, 6.45) is 5.42. The van der Waals surface area contributed by atoms with Gasteiger partial charge in [0.2, 0.25) is 0 Å². The maximum Gasteiger partial charge on any atom is 0.136 e. The normalized spacial score (nSPS) is 31.5. The summed E-state index contributed by atoms with van der Waals surface area (Å²) in [4.78, 5) is 12.9. The van der Waals surface area contributed by atoms with Crippen molar-refractivity contribution in [2.24, 2.45) is 17.8 Å². The zero-order chi connectivity index (χ0) is 11.7. The Morgan fingerprint density at radius 3 is 2.82 bits per heavy atom. The summed E-state index contributed by atoms with van der Waals surface area (Å²) >= 11 is 1.74. The summed E-state index contributed by atoms with van der Waals surface area (Å²) in [6.45, 7) is 0. The van der Waals surface area contributed by atoms with Crippen LogP contribution in [-0.4, -0.2) is 5.78 Å². The number of Topliss-reactive ketones (excluding diaryl/α,β-unsaturated/α-hetero) is 1. The van der Waals surface area contributed by atoms with Gasteiger partial charge in [0.15, 0.2) is 0 Å². The van der Waals surface area contributed by atoms with Crippen LogP contribution in [0.3, 0.4) is 0 Å². The first-order chi connectivity index (χ1) is 8.36. The minimum Gasteiger partial charge on any atom is -0.299 e. The van der Waals surface area contributed by atoms with E-state index in [1.165, 1.54) is 11.3 Å². The third-order valence-corrected chi connectivity index (χ3v) is 4.65. The molecule has 2 saturated carbocycles. The van der Waals surface area contributed by atoms with Crippen molar-refractivity contribution in [2.45, 2.75) is 24.2 Å². The molecule has 0 amide bonds. The maximum atomic E-state index is 11.6. The van der Waals surface area contributed by atoms with E-state index in [4.69, 9.17) is 0 Å². The lowest BCUT2D eigenvalue weighted by atomic mass is 10.00. The molecule has 0 aliphatic heterocycles. The lowest BCUT2D eigenvalue weighted by Crippen LogP contribution is -2.07. The van der Waals surface area contributed by atoms with E-state index < -0.39 is 0 Å². The second-order valence-corrected chi connectivity index (χ2v) is 5.86. The highest BCUT2D eigenvalue weighted by Crippen LogP contribution is 2.54. The molecule has 1 nitrogen and oxygen atoms in total. The number of thioether (sulfide) groups is 1. The highest BCUT2D eigenvalue weighted by Gasteiger charge is 2.53. The Morgan fingerprint density at radius 1 is 1.24 bits per heavy atom. The van der Waals surface area contributed by atoms with Crippen molar-refractivity contribution in [3.05, 3.63) is 41.8 Å². The summed E-state index contributed by atoms with van der Waals surface area (Å²) in [7, 11) is 0. The number of carbonyl (C=O) groups is 1. The van der Waals surface area contributed by atoms with Crippen LogP contribution >= 0.6 is 11.8 Å². The van der Waals surface area contributed by atoms with Gasteiger partial charge in [-0.05, 0) is 42.2 Å². The molecule has 0 aromatic heterocycles. The Morgan fingerprint density at radius 2 is 2.06 bits per heavy atom.